The lowest BCUT2D eigenvalue weighted by Gasteiger charge is -2.16. The molecule has 1 heterocycles. The highest BCUT2D eigenvalue weighted by Crippen LogP contribution is 2.15. The maximum atomic E-state index is 12.0. The van der Waals surface area contributed by atoms with Crippen LogP contribution in [0.2, 0.25) is 0 Å². The van der Waals surface area contributed by atoms with Gasteiger partial charge in [0.2, 0.25) is 5.91 Å². The molecule has 4 nitrogen and oxygen atoms in total. The highest BCUT2D eigenvalue weighted by Gasteiger charge is 2.14. The fourth-order valence-corrected chi connectivity index (χ4v) is 2.03. The molecule has 1 amide bonds. The Morgan fingerprint density at radius 3 is 2.55 bits per heavy atom. The molecule has 1 aromatic carbocycles. The summed E-state index contributed by atoms with van der Waals surface area (Å²) in [7, 11) is 0. The van der Waals surface area contributed by atoms with Crippen LogP contribution in [0.4, 0.5) is 0 Å². The number of hydrogen-bond donors (Lipinski definition) is 2. The second-order valence-corrected chi connectivity index (χ2v) is 4.80. The summed E-state index contributed by atoms with van der Waals surface area (Å²) in [6.07, 6.45) is 3.74. The summed E-state index contributed by atoms with van der Waals surface area (Å²) < 4.78 is 0. The number of pyridine rings is 1. The van der Waals surface area contributed by atoms with Gasteiger partial charge in [0.15, 0.2) is 0 Å². The average Bonchev–Trinajstić information content (AvgIpc) is 2.49. The first kappa shape index (κ1) is 14.2. The molecule has 0 bridgehead atoms. The van der Waals surface area contributed by atoms with Crippen LogP contribution in [0.1, 0.15) is 36.6 Å². The van der Waals surface area contributed by atoms with Crippen LogP contribution in [0.15, 0.2) is 54.9 Å². The lowest BCUT2D eigenvalue weighted by atomic mass is 10.0. The highest BCUT2D eigenvalue weighted by atomic mass is 16.1. The topological polar surface area (TPSA) is 68.0 Å². The fraction of sp³-hybridized carbons (Fsp3) is 0.250. The van der Waals surface area contributed by atoms with E-state index in [1.807, 2.05) is 49.4 Å². The minimum atomic E-state index is -0.280. The second kappa shape index (κ2) is 6.82. The molecule has 0 aliphatic heterocycles. The molecule has 0 radical (unpaired) electrons. The zero-order valence-corrected chi connectivity index (χ0v) is 11.5. The van der Waals surface area contributed by atoms with E-state index in [0.29, 0.717) is 0 Å². The smallest absolute Gasteiger partial charge is 0.222 e. The molecule has 0 aliphatic rings. The third-order valence-corrected chi connectivity index (χ3v) is 3.19. The Kier molecular flexibility index (Phi) is 4.85. The Morgan fingerprint density at radius 2 is 1.90 bits per heavy atom. The van der Waals surface area contributed by atoms with Crippen LogP contribution in [-0.2, 0) is 4.79 Å². The SMILES string of the molecule is C[C@@H](NC(=O)CC(N)c1ccccc1)c1cccnc1. The molecule has 1 unspecified atom stereocenters. The number of carbonyl (C=O) groups is 1. The number of nitrogens with one attached hydrogen (secondary N) is 1. The van der Waals surface area contributed by atoms with Crippen LogP contribution < -0.4 is 11.1 Å². The van der Waals surface area contributed by atoms with Crippen LogP contribution in [0, 0.1) is 0 Å². The van der Waals surface area contributed by atoms with E-state index in [0.717, 1.165) is 11.1 Å². The van der Waals surface area contributed by atoms with E-state index in [2.05, 4.69) is 10.3 Å². The van der Waals surface area contributed by atoms with Crippen molar-refractivity contribution in [3.8, 4) is 0 Å². The standard InChI is InChI=1S/C16H19N3O/c1-12(14-8-5-9-18-11-14)19-16(20)10-15(17)13-6-3-2-4-7-13/h2-9,11-12,15H,10,17H2,1H3,(H,19,20)/t12-,15?/m1/s1. The van der Waals surface area contributed by atoms with Gasteiger partial charge in [0.05, 0.1) is 6.04 Å². The number of aromatic nitrogens is 1. The van der Waals surface area contributed by atoms with Gasteiger partial charge in [0, 0.05) is 24.9 Å². The minimum absolute atomic E-state index is 0.0577. The molecule has 104 valence electrons. The van der Waals surface area contributed by atoms with Crippen molar-refractivity contribution in [1.82, 2.24) is 10.3 Å². The molecule has 2 atom stereocenters. The van der Waals surface area contributed by atoms with Gasteiger partial charge in [-0.25, -0.2) is 0 Å². The van der Waals surface area contributed by atoms with Crippen molar-refractivity contribution in [1.29, 1.82) is 0 Å². The number of nitrogens with zero attached hydrogens (tertiary/aromatic N) is 1. The predicted molar refractivity (Wildman–Crippen MR) is 78.8 cm³/mol. The third-order valence-electron chi connectivity index (χ3n) is 3.19. The maximum absolute atomic E-state index is 12.0. The summed E-state index contributed by atoms with van der Waals surface area (Å²) in [5, 5.41) is 2.94. The Bertz CT molecular complexity index is 493. The van der Waals surface area contributed by atoms with Crippen molar-refractivity contribution in [3.05, 3.63) is 66.0 Å². The van der Waals surface area contributed by atoms with E-state index in [1.54, 1.807) is 12.4 Å². The predicted octanol–water partition coefficient (Wildman–Crippen LogP) is 2.35. The van der Waals surface area contributed by atoms with Crippen molar-refractivity contribution in [2.75, 3.05) is 0 Å². The Hall–Kier alpha value is -2.20. The molecule has 0 saturated carbocycles. The normalized spacial score (nSPS) is 13.5. The summed E-state index contributed by atoms with van der Waals surface area (Å²) >= 11 is 0. The first-order valence-electron chi connectivity index (χ1n) is 6.66. The van der Waals surface area contributed by atoms with Gasteiger partial charge in [-0.2, -0.15) is 0 Å². The van der Waals surface area contributed by atoms with Crippen molar-refractivity contribution < 1.29 is 4.79 Å². The maximum Gasteiger partial charge on any atom is 0.222 e. The van der Waals surface area contributed by atoms with Gasteiger partial charge in [-0.15, -0.1) is 0 Å². The molecule has 0 saturated heterocycles. The lowest BCUT2D eigenvalue weighted by molar-refractivity contribution is -0.122. The quantitative estimate of drug-likeness (QED) is 0.875. The summed E-state index contributed by atoms with van der Waals surface area (Å²) in [6, 6.07) is 13.1. The van der Waals surface area contributed by atoms with Crippen molar-refractivity contribution in [3.63, 3.8) is 0 Å². The van der Waals surface area contributed by atoms with E-state index in [4.69, 9.17) is 5.73 Å². The molecule has 4 heteroatoms. The summed E-state index contributed by atoms with van der Waals surface area (Å²) in [5.41, 5.74) is 7.99. The summed E-state index contributed by atoms with van der Waals surface area (Å²) in [5.74, 6) is -0.0577. The number of hydrogen-bond acceptors (Lipinski definition) is 3. The van der Waals surface area contributed by atoms with E-state index >= 15 is 0 Å². The molecular formula is C16H19N3O. The van der Waals surface area contributed by atoms with Crippen LogP contribution >= 0.6 is 0 Å². The molecule has 2 rings (SSSR count). The molecule has 0 aliphatic carbocycles. The van der Waals surface area contributed by atoms with Gasteiger partial charge in [-0.1, -0.05) is 36.4 Å². The fourth-order valence-electron chi connectivity index (χ4n) is 2.03. The summed E-state index contributed by atoms with van der Waals surface area (Å²) in [6.45, 7) is 1.93. The lowest BCUT2D eigenvalue weighted by Crippen LogP contribution is -2.29. The molecular weight excluding hydrogens is 250 g/mol. The van der Waals surface area contributed by atoms with E-state index in [1.165, 1.54) is 0 Å². The summed E-state index contributed by atoms with van der Waals surface area (Å²) in [4.78, 5) is 16.0. The minimum Gasteiger partial charge on any atom is -0.349 e. The monoisotopic (exact) mass is 269 g/mol. The van der Waals surface area contributed by atoms with E-state index in [-0.39, 0.29) is 24.4 Å². The first-order valence-corrected chi connectivity index (χ1v) is 6.66. The largest absolute Gasteiger partial charge is 0.349 e. The van der Waals surface area contributed by atoms with E-state index in [9.17, 15) is 4.79 Å². The molecule has 20 heavy (non-hydrogen) atoms. The molecule has 3 N–H and O–H groups in total. The zero-order chi connectivity index (χ0) is 14.4. The van der Waals surface area contributed by atoms with Gasteiger partial charge < -0.3 is 11.1 Å². The van der Waals surface area contributed by atoms with Gasteiger partial charge in [-0.3, -0.25) is 9.78 Å². The highest BCUT2D eigenvalue weighted by molar-refractivity contribution is 5.77. The number of nitrogens with two attached hydrogens (primary N) is 1. The van der Waals surface area contributed by atoms with Gasteiger partial charge in [0.1, 0.15) is 0 Å². The van der Waals surface area contributed by atoms with Crippen LogP contribution in [-0.4, -0.2) is 10.9 Å². The van der Waals surface area contributed by atoms with Gasteiger partial charge in [-0.05, 0) is 24.1 Å². The second-order valence-electron chi connectivity index (χ2n) is 4.80. The molecule has 2 aromatic rings. The van der Waals surface area contributed by atoms with E-state index < -0.39 is 0 Å². The number of rotatable bonds is 5. The Balaban J connectivity index is 1.90. The van der Waals surface area contributed by atoms with Crippen molar-refractivity contribution in [2.45, 2.75) is 25.4 Å². The molecule has 1 aromatic heterocycles. The molecule has 0 spiro atoms. The van der Waals surface area contributed by atoms with Crippen molar-refractivity contribution >= 4 is 5.91 Å². The van der Waals surface area contributed by atoms with Crippen LogP contribution in [0.3, 0.4) is 0 Å². The van der Waals surface area contributed by atoms with Crippen molar-refractivity contribution in [2.24, 2.45) is 5.73 Å². The molecule has 0 fully saturated rings. The Morgan fingerprint density at radius 1 is 1.20 bits per heavy atom. The Labute approximate surface area is 119 Å². The number of benzene rings is 1. The van der Waals surface area contributed by atoms with Crippen LogP contribution in [0.5, 0.6) is 0 Å². The average molecular weight is 269 g/mol. The van der Waals surface area contributed by atoms with Gasteiger partial charge in [0.25, 0.3) is 0 Å². The first-order chi connectivity index (χ1) is 9.66. The van der Waals surface area contributed by atoms with Crippen LogP contribution in [0.25, 0.3) is 0 Å². The third kappa shape index (κ3) is 3.90. The number of carbonyl (C=O) groups excluding carboxylic acids is 1. The number of amides is 1. The zero-order valence-electron chi connectivity index (χ0n) is 11.5. The van der Waals surface area contributed by atoms with Gasteiger partial charge >= 0.3 is 0 Å².